The number of amides is 2. The van der Waals surface area contributed by atoms with Crippen molar-refractivity contribution in [1.82, 2.24) is 10.6 Å². The minimum absolute atomic E-state index is 0.0622. The van der Waals surface area contributed by atoms with E-state index in [4.69, 9.17) is 65.0 Å². The number of carbonyl (C=O) groups excluding carboxylic acids is 4. The largest absolute Gasteiger partial charge is 0.475 e. The molecule has 2 amide bonds. The molecule has 0 saturated carbocycles. The second-order valence-electron chi connectivity index (χ2n) is 37.5. The lowest BCUT2D eigenvalue weighted by Crippen LogP contribution is -2.66. The maximum Gasteiger partial charge on any atom is 0.475 e. The third kappa shape index (κ3) is 49.9. The van der Waals surface area contributed by atoms with Crippen molar-refractivity contribution in [2.45, 2.75) is 436 Å². The van der Waals surface area contributed by atoms with Crippen LogP contribution in [0, 0.1) is 0 Å². The summed E-state index contributed by atoms with van der Waals surface area (Å²) in [6.45, 7) is 6.59. The first-order valence-corrected chi connectivity index (χ1v) is 55.9. The van der Waals surface area contributed by atoms with Crippen LogP contribution in [0.2, 0.25) is 0 Å². The first-order chi connectivity index (χ1) is 67.5. The van der Waals surface area contributed by atoms with Crippen LogP contribution in [0.3, 0.4) is 0 Å². The molecule has 6 aromatic rings. The fourth-order valence-corrected chi connectivity index (χ4v) is 20.2. The Morgan fingerprint density at radius 2 is 0.551 bits per heavy atom. The Balaban J connectivity index is 1.12. The second-order valence-corrected chi connectivity index (χ2v) is 40.7. The van der Waals surface area contributed by atoms with E-state index in [1.165, 1.54) is 116 Å². The standard InChI is InChI=1S/C112H170N2O22P2/c1-5-9-13-17-21-25-27-31-35-39-61-77-103(117)131-97(75-59-37-33-29-23-19-15-11-7-3)81-101(115)113-105-107(119)109(135-137(121,127-85-93-67-51-43-52-68-93)128-86-94-69-53-44-54-70-94)99(89-123-83-91-63-47-41-48-64-91)133-111(105)125-79-80-126-112-106(114-102(116)82-98(76-60-38-34-30-24-20-16-12-8-4)132-104(118)78-62-40-36-32-28-26-22-18-14-10-6-2)108(120)110(100(134-112)90-124-84-92-65-49-42-50-66-92)136-138(122,129-87-95-71-55-45-56-72-95)130-88-96-73-57-46-58-74-96/h41-58,63-74,97-100,105-112,119-120H,5-40,59-62,75-90H2,1-4H3,(H,113,115)(H,114,116)/t97-,98-,99-,100-,105-,106-,107-,108-,109-,110-,111+,112+/m1/s1. The van der Waals surface area contributed by atoms with E-state index in [0.717, 1.165) is 127 Å². The summed E-state index contributed by atoms with van der Waals surface area (Å²) in [5.74, 6) is -2.07. The maximum absolute atomic E-state index is 15.7. The number of phosphoric acid groups is 2. The molecule has 770 valence electrons. The summed E-state index contributed by atoms with van der Waals surface area (Å²) in [5.41, 5.74) is 4.17. The number of phosphoric ester groups is 2. The number of ether oxygens (including phenoxy) is 8. The van der Waals surface area contributed by atoms with E-state index in [1.54, 1.807) is 48.5 Å². The van der Waals surface area contributed by atoms with Crippen LogP contribution >= 0.6 is 15.6 Å². The molecule has 138 heavy (non-hydrogen) atoms. The van der Waals surface area contributed by atoms with Crippen LogP contribution in [-0.4, -0.2) is 134 Å². The van der Waals surface area contributed by atoms with Crippen molar-refractivity contribution in [1.29, 1.82) is 0 Å². The Bertz CT molecular complexity index is 3810. The third-order valence-corrected chi connectivity index (χ3v) is 28.3. The molecule has 0 aromatic heterocycles. The minimum atomic E-state index is -4.80. The van der Waals surface area contributed by atoms with Gasteiger partial charge in [-0.2, -0.15) is 0 Å². The van der Waals surface area contributed by atoms with Gasteiger partial charge in [0.05, 0.1) is 78.9 Å². The molecular weight excluding hydrogens is 1790 g/mol. The maximum atomic E-state index is 15.7. The van der Waals surface area contributed by atoms with E-state index >= 15 is 18.7 Å². The first kappa shape index (κ1) is 116. The molecule has 2 saturated heterocycles. The number of hydrogen-bond donors (Lipinski definition) is 4. The lowest BCUT2D eigenvalue weighted by Gasteiger charge is -2.45. The Hall–Kier alpha value is -6.90. The molecule has 2 aliphatic rings. The van der Waals surface area contributed by atoms with Gasteiger partial charge in [0.25, 0.3) is 0 Å². The van der Waals surface area contributed by atoms with Crippen molar-refractivity contribution < 1.29 is 104 Å². The van der Waals surface area contributed by atoms with Crippen LogP contribution in [0.25, 0.3) is 0 Å². The fraction of sp³-hybridized carbons (Fsp3) is 0.643. The molecule has 0 bridgehead atoms. The number of hydrogen-bond acceptors (Lipinski definition) is 22. The Kier molecular flexibility index (Phi) is 61.0. The van der Waals surface area contributed by atoms with E-state index < -0.39 is 126 Å². The van der Waals surface area contributed by atoms with Crippen LogP contribution in [-0.2, 0) is 133 Å². The third-order valence-electron chi connectivity index (χ3n) is 25.5. The normalized spacial score (nSPS) is 18.9. The van der Waals surface area contributed by atoms with Gasteiger partial charge in [-0.25, -0.2) is 9.13 Å². The van der Waals surface area contributed by atoms with Gasteiger partial charge in [-0.3, -0.25) is 46.3 Å². The Morgan fingerprint density at radius 1 is 0.319 bits per heavy atom. The summed E-state index contributed by atoms with van der Waals surface area (Å²) in [4.78, 5) is 58.7. The summed E-state index contributed by atoms with van der Waals surface area (Å²) < 4.78 is 122. The van der Waals surface area contributed by atoms with Gasteiger partial charge in [0.15, 0.2) is 12.6 Å². The van der Waals surface area contributed by atoms with Crippen molar-refractivity contribution in [3.63, 3.8) is 0 Å². The monoisotopic (exact) mass is 1960 g/mol. The van der Waals surface area contributed by atoms with Crippen molar-refractivity contribution in [3.8, 4) is 0 Å². The molecule has 0 aliphatic carbocycles. The zero-order chi connectivity index (χ0) is 97.8. The van der Waals surface area contributed by atoms with Crippen LogP contribution < -0.4 is 10.6 Å². The van der Waals surface area contributed by atoms with Crippen LogP contribution in [0.4, 0.5) is 0 Å². The predicted octanol–water partition coefficient (Wildman–Crippen LogP) is 26.3. The molecule has 2 aliphatic heterocycles. The quantitative estimate of drug-likeness (QED) is 0.0157. The predicted molar refractivity (Wildman–Crippen MR) is 542 cm³/mol. The minimum Gasteiger partial charge on any atom is -0.462 e. The molecule has 2 heterocycles. The molecule has 26 heteroatoms. The summed E-state index contributed by atoms with van der Waals surface area (Å²) in [5, 5.41) is 32.8. The Morgan fingerprint density at radius 3 is 0.804 bits per heavy atom. The van der Waals surface area contributed by atoms with Crippen molar-refractivity contribution >= 4 is 39.4 Å². The van der Waals surface area contributed by atoms with Gasteiger partial charge >= 0.3 is 27.6 Å². The van der Waals surface area contributed by atoms with Gasteiger partial charge in [-0.15, -0.1) is 0 Å². The molecule has 8 rings (SSSR count). The summed E-state index contributed by atoms with van der Waals surface area (Å²) in [7, 11) is -9.59. The van der Waals surface area contributed by atoms with Gasteiger partial charge in [-0.1, -0.05) is 441 Å². The number of nitrogens with one attached hydrogen (secondary N) is 2. The number of aliphatic hydroxyl groups is 2. The number of aliphatic hydroxyl groups excluding tert-OH is 2. The molecule has 24 nitrogen and oxygen atoms in total. The molecule has 2 fully saturated rings. The number of esters is 2. The molecule has 12 atom stereocenters. The topological polar surface area (TPSA) is 296 Å². The molecule has 0 unspecified atom stereocenters. The van der Waals surface area contributed by atoms with E-state index in [-0.39, 0.29) is 78.5 Å². The summed E-state index contributed by atoms with van der Waals surface area (Å²) >= 11 is 0. The van der Waals surface area contributed by atoms with Crippen molar-refractivity contribution in [3.05, 3.63) is 215 Å². The lowest BCUT2D eigenvalue weighted by atomic mass is 9.96. The lowest BCUT2D eigenvalue weighted by molar-refractivity contribution is -0.289. The highest BCUT2D eigenvalue weighted by atomic mass is 31.2. The zero-order valence-corrected chi connectivity index (χ0v) is 85.6. The molecular formula is C112H170N2O22P2. The summed E-state index contributed by atoms with van der Waals surface area (Å²) in [6.07, 6.45) is 29.3. The molecule has 6 aromatic carbocycles. The van der Waals surface area contributed by atoms with Gasteiger partial charge in [0.2, 0.25) is 11.8 Å². The highest BCUT2D eigenvalue weighted by Crippen LogP contribution is 2.55. The SMILES string of the molecule is CCCCCCCCCCCCCC(=O)O[C@H](CCCCCCCCCCC)CC(=O)N[C@H]1[C@@H](OCCO[C@H]2O[C@H](COCc3ccccc3)[C@@H](OP(=O)(OCc3ccccc3)OCc3ccccc3)[C@H](O)[C@H]2NC(=O)C[C@@H](CCCCCCCCCCC)OC(=O)CCCCCCCCCCCCC)O[C@H](COCc2ccccc2)[C@@H](OP(=O)(OCc2ccccc2)OCc2ccccc2)[C@@H]1O. The average molecular weight is 1960 g/mol. The van der Waals surface area contributed by atoms with Crippen LogP contribution in [0.1, 0.15) is 356 Å². The van der Waals surface area contributed by atoms with Crippen LogP contribution in [0.5, 0.6) is 0 Å². The van der Waals surface area contributed by atoms with E-state index in [1.807, 2.05) is 133 Å². The van der Waals surface area contributed by atoms with E-state index in [0.29, 0.717) is 60.8 Å². The number of benzene rings is 6. The van der Waals surface area contributed by atoms with Gasteiger partial charge < -0.3 is 58.7 Å². The van der Waals surface area contributed by atoms with Gasteiger partial charge in [0, 0.05) is 12.8 Å². The van der Waals surface area contributed by atoms with E-state index in [9.17, 15) is 19.8 Å². The van der Waals surface area contributed by atoms with E-state index in [2.05, 4.69) is 38.3 Å². The number of rotatable bonds is 81. The number of unbranched alkanes of at least 4 members (excludes halogenated alkanes) is 36. The van der Waals surface area contributed by atoms with Crippen molar-refractivity contribution in [2.75, 3.05) is 26.4 Å². The summed E-state index contributed by atoms with van der Waals surface area (Å²) in [6, 6.07) is 51.9. The average Bonchev–Trinajstić information content (AvgIpc) is 0.784. The molecule has 4 N–H and O–H groups in total. The van der Waals surface area contributed by atoms with Crippen molar-refractivity contribution in [2.24, 2.45) is 0 Å². The fourth-order valence-electron chi connectivity index (χ4n) is 17.5. The zero-order valence-electron chi connectivity index (χ0n) is 83.8. The molecule has 0 spiro atoms. The first-order valence-electron chi connectivity index (χ1n) is 53.0. The van der Waals surface area contributed by atoms with Gasteiger partial charge in [0.1, 0.15) is 60.9 Å². The highest BCUT2D eigenvalue weighted by Gasteiger charge is 2.53. The number of carbonyl (C=O) groups is 4. The smallest absolute Gasteiger partial charge is 0.462 e. The van der Waals surface area contributed by atoms with Crippen LogP contribution in [0.15, 0.2) is 182 Å². The second kappa shape index (κ2) is 72.4. The molecule has 0 radical (unpaired) electrons. The highest BCUT2D eigenvalue weighted by molar-refractivity contribution is 7.48. The van der Waals surface area contributed by atoms with Gasteiger partial charge in [-0.05, 0) is 71.9 Å². The Labute approximate surface area is 826 Å².